The lowest BCUT2D eigenvalue weighted by atomic mass is 9.77. The van der Waals surface area contributed by atoms with Crippen LogP contribution in [0.2, 0.25) is 0 Å². The Hall–Kier alpha value is 1.37. The van der Waals surface area contributed by atoms with Gasteiger partial charge in [-0.25, -0.2) is 0 Å². The Balaban J connectivity index is 2.17. The van der Waals surface area contributed by atoms with Crippen molar-refractivity contribution in [3.8, 4) is 0 Å². The van der Waals surface area contributed by atoms with Crippen molar-refractivity contribution < 1.29 is 4.74 Å². The zero-order chi connectivity index (χ0) is 12.0. The van der Waals surface area contributed by atoms with E-state index in [1.165, 1.54) is 0 Å². The molecule has 0 aromatic carbocycles. The summed E-state index contributed by atoms with van der Waals surface area (Å²) in [4.78, 5) is 0. The molecule has 0 aromatic rings. The van der Waals surface area contributed by atoms with Gasteiger partial charge in [0.05, 0.1) is 10.0 Å². The molecule has 0 saturated carbocycles. The Morgan fingerprint density at radius 1 is 1.44 bits per heavy atom. The molecule has 1 nitrogen and oxygen atoms in total. The lowest BCUT2D eigenvalue weighted by molar-refractivity contribution is -0.0134. The molecule has 90 valence electrons. The standard InChI is InChI=1S/C10H18BOPS3/c1-7-8(2)10(12-9(7)11)4-5-15-13(3,14)16-6-10/h7-9H,4-6H2,1-3H3/t7?,8-,9-,10-,13?/m1/s1. The molecule has 0 aliphatic carbocycles. The first-order valence-corrected chi connectivity index (χ1v) is 12.1. The van der Waals surface area contributed by atoms with Crippen LogP contribution in [0.25, 0.3) is 0 Å². The predicted octanol–water partition coefficient (Wildman–Crippen LogP) is 3.33. The van der Waals surface area contributed by atoms with Crippen molar-refractivity contribution in [2.24, 2.45) is 11.8 Å². The summed E-state index contributed by atoms with van der Waals surface area (Å²) < 4.78 is 4.87. The van der Waals surface area contributed by atoms with Crippen LogP contribution >= 0.6 is 27.2 Å². The largest absolute Gasteiger partial charge is 0.380 e. The molecule has 2 fully saturated rings. The summed E-state index contributed by atoms with van der Waals surface area (Å²) in [6, 6.07) is -0.0894. The van der Waals surface area contributed by atoms with E-state index in [0.717, 1.165) is 17.9 Å². The quantitative estimate of drug-likeness (QED) is 0.500. The molecule has 0 N–H and O–H groups in total. The van der Waals surface area contributed by atoms with Gasteiger partial charge in [0.2, 0.25) is 0 Å². The Morgan fingerprint density at radius 2 is 2.12 bits per heavy atom. The zero-order valence-corrected chi connectivity index (χ0v) is 13.4. The Kier molecular flexibility index (Phi) is 4.15. The van der Waals surface area contributed by atoms with Gasteiger partial charge in [0.15, 0.2) is 0 Å². The molecular formula is C10H18BOPS3. The second kappa shape index (κ2) is 4.81. The summed E-state index contributed by atoms with van der Waals surface area (Å²) in [5.74, 6) is 3.17. The molecule has 5 atom stereocenters. The van der Waals surface area contributed by atoms with Gasteiger partial charge < -0.3 is 4.74 Å². The van der Waals surface area contributed by atoms with Gasteiger partial charge in [0, 0.05) is 17.5 Å². The van der Waals surface area contributed by atoms with Crippen molar-refractivity contribution in [2.45, 2.75) is 31.9 Å². The lowest BCUT2D eigenvalue weighted by Gasteiger charge is -2.32. The van der Waals surface area contributed by atoms with Gasteiger partial charge >= 0.3 is 0 Å². The van der Waals surface area contributed by atoms with E-state index in [9.17, 15) is 0 Å². The molecule has 2 aliphatic rings. The average Bonchev–Trinajstić information content (AvgIpc) is 2.37. The van der Waals surface area contributed by atoms with E-state index in [0.29, 0.717) is 11.8 Å². The Bertz CT molecular complexity index is 327. The monoisotopic (exact) mass is 292 g/mol. The summed E-state index contributed by atoms with van der Waals surface area (Å²) in [5.41, 5.74) is -0.00687. The van der Waals surface area contributed by atoms with Crippen LogP contribution in [0.1, 0.15) is 20.3 Å². The first-order valence-electron chi connectivity index (χ1n) is 5.66. The van der Waals surface area contributed by atoms with Gasteiger partial charge in [-0.05, 0) is 24.9 Å². The third-order valence-electron chi connectivity index (χ3n) is 3.90. The SMILES string of the molecule is [B][C@@H]1O[C@@]2(CCSP(C)(=S)SC2)[C@H](C)C1C. The first-order chi connectivity index (χ1) is 7.36. The van der Waals surface area contributed by atoms with Crippen molar-refractivity contribution in [3.05, 3.63) is 0 Å². The number of rotatable bonds is 0. The highest BCUT2D eigenvalue weighted by atomic mass is 33.2. The smallest absolute Gasteiger partial charge is 0.109 e. The molecule has 1 spiro atoms. The number of hydrogen-bond donors (Lipinski definition) is 0. The molecule has 0 bridgehead atoms. The molecule has 2 heterocycles. The van der Waals surface area contributed by atoms with Crippen LogP contribution in [0.4, 0.5) is 0 Å². The summed E-state index contributed by atoms with van der Waals surface area (Å²) in [6.45, 7) is 6.72. The van der Waals surface area contributed by atoms with Crippen molar-refractivity contribution in [1.29, 1.82) is 0 Å². The minimum Gasteiger partial charge on any atom is -0.380 e. The second-order valence-electron chi connectivity index (χ2n) is 4.92. The van der Waals surface area contributed by atoms with Gasteiger partial charge in [-0.3, -0.25) is 0 Å². The van der Waals surface area contributed by atoms with Crippen LogP contribution < -0.4 is 0 Å². The normalized spacial score (nSPS) is 54.1. The predicted molar refractivity (Wildman–Crippen MR) is 81.4 cm³/mol. The molecule has 2 radical (unpaired) electrons. The first kappa shape index (κ1) is 13.8. The van der Waals surface area contributed by atoms with E-state index in [-0.39, 0.29) is 11.6 Å². The van der Waals surface area contributed by atoms with E-state index >= 15 is 0 Å². The third-order valence-corrected chi connectivity index (χ3v) is 13.4. The van der Waals surface area contributed by atoms with Crippen LogP contribution in [-0.4, -0.2) is 37.6 Å². The van der Waals surface area contributed by atoms with Crippen LogP contribution in [0, 0.1) is 11.8 Å². The summed E-state index contributed by atoms with van der Waals surface area (Å²) in [6.07, 6.45) is 1.11. The van der Waals surface area contributed by atoms with Crippen molar-refractivity contribution in [2.75, 3.05) is 18.2 Å². The number of ether oxygens (including phenoxy) is 1. The third kappa shape index (κ3) is 2.54. The molecule has 2 saturated heterocycles. The van der Waals surface area contributed by atoms with E-state index in [2.05, 4.69) is 20.5 Å². The van der Waals surface area contributed by atoms with Crippen molar-refractivity contribution >= 4 is 46.9 Å². The molecule has 2 unspecified atom stereocenters. The summed E-state index contributed by atoms with van der Waals surface area (Å²) in [5, 5.41) is 0. The molecule has 2 rings (SSSR count). The Labute approximate surface area is 113 Å². The molecule has 16 heavy (non-hydrogen) atoms. The van der Waals surface area contributed by atoms with E-state index in [1.807, 2.05) is 22.8 Å². The van der Waals surface area contributed by atoms with Crippen LogP contribution in [-0.2, 0) is 16.5 Å². The highest BCUT2D eigenvalue weighted by Crippen LogP contribution is 2.70. The zero-order valence-electron chi connectivity index (χ0n) is 10.0. The van der Waals surface area contributed by atoms with Gasteiger partial charge in [0.25, 0.3) is 0 Å². The minimum absolute atomic E-state index is 0.00687. The topological polar surface area (TPSA) is 9.23 Å². The van der Waals surface area contributed by atoms with Crippen molar-refractivity contribution in [1.82, 2.24) is 0 Å². The molecular weight excluding hydrogens is 274 g/mol. The van der Waals surface area contributed by atoms with E-state index < -0.39 is 4.44 Å². The second-order valence-corrected chi connectivity index (χ2v) is 17.9. The maximum Gasteiger partial charge on any atom is 0.109 e. The van der Waals surface area contributed by atoms with Gasteiger partial charge in [-0.2, -0.15) is 0 Å². The Morgan fingerprint density at radius 3 is 2.69 bits per heavy atom. The van der Waals surface area contributed by atoms with E-state index in [4.69, 9.17) is 24.4 Å². The summed E-state index contributed by atoms with van der Waals surface area (Å²) in [7, 11) is 6.04. The molecule has 0 aromatic heterocycles. The van der Waals surface area contributed by atoms with Crippen LogP contribution in [0.15, 0.2) is 0 Å². The summed E-state index contributed by atoms with van der Waals surface area (Å²) >= 11 is 9.58. The van der Waals surface area contributed by atoms with Crippen LogP contribution in [0.3, 0.4) is 0 Å². The molecule has 0 amide bonds. The maximum absolute atomic E-state index is 6.10. The van der Waals surface area contributed by atoms with E-state index in [1.54, 1.807) is 0 Å². The fraction of sp³-hybridized carbons (Fsp3) is 1.00. The average molecular weight is 292 g/mol. The fourth-order valence-electron chi connectivity index (χ4n) is 2.42. The highest BCUT2D eigenvalue weighted by Gasteiger charge is 2.49. The highest BCUT2D eigenvalue weighted by molar-refractivity contribution is 9.00. The fourth-order valence-corrected chi connectivity index (χ4v) is 10.0. The maximum atomic E-state index is 6.10. The van der Waals surface area contributed by atoms with Gasteiger partial charge in [-0.1, -0.05) is 25.7 Å². The van der Waals surface area contributed by atoms with Gasteiger partial charge in [0.1, 0.15) is 7.85 Å². The van der Waals surface area contributed by atoms with Crippen LogP contribution in [0.5, 0.6) is 0 Å². The number of hydrogen-bond acceptors (Lipinski definition) is 4. The molecule has 6 heteroatoms. The molecule has 2 aliphatic heterocycles. The lowest BCUT2D eigenvalue weighted by Crippen LogP contribution is -2.38. The van der Waals surface area contributed by atoms with Crippen molar-refractivity contribution in [3.63, 3.8) is 0 Å². The minimum atomic E-state index is -1.23. The van der Waals surface area contributed by atoms with Gasteiger partial charge in [-0.15, -0.1) is 22.8 Å².